The summed E-state index contributed by atoms with van der Waals surface area (Å²) < 4.78 is 5.32. The van der Waals surface area contributed by atoms with E-state index in [9.17, 15) is 4.79 Å². The summed E-state index contributed by atoms with van der Waals surface area (Å²) in [7, 11) is 0. The van der Waals surface area contributed by atoms with E-state index in [-0.39, 0.29) is 13.2 Å². The number of rotatable bonds is 6. The van der Waals surface area contributed by atoms with Gasteiger partial charge in [0.05, 0.1) is 23.6 Å². The average molecular weight is 372 g/mol. The van der Waals surface area contributed by atoms with Crippen molar-refractivity contribution in [1.82, 2.24) is 0 Å². The second-order valence-electron chi connectivity index (χ2n) is 6.43. The molecule has 0 atom stereocenters. The molecule has 1 aliphatic carbocycles. The number of benzene rings is 3. The first kappa shape index (κ1) is 17.9. The van der Waals surface area contributed by atoms with Crippen LogP contribution in [0.4, 0.5) is 5.69 Å². The number of hydrogen-bond donors (Lipinski definition) is 2. The molecule has 0 unspecified atom stereocenters. The Morgan fingerprint density at radius 3 is 2.39 bits per heavy atom. The summed E-state index contributed by atoms with van der Waals surface area (Å²) in [5, 5.41) is 13.5. The first-order chi connectivity index (χ1) is 13.8. The number of aliphatic hydroxyl groups excluding tert-OH is 1. The summed E-state index contributed by atoms with van der Waals surface area (Å²) in [4.78, 5) is 12.6. The molecule has 0 spiro atoms. The smallest absolute Gasteiger partial charge is 0.338 e. The Bertz CT molecular complexity index is 1030. The topological polar surface area (TPSA) is 70.9 Å². The van der Waals surface area contributed by atoms with Crippen molar-refractivity contribution in [2.24, 2.45) is 5.10 Å². The minimum atomic E-state index is -0.391. The Morgan fingerprint density at radius 2 is 1.61 bits per heavy atom. The van der Waals surface area contributed by atoms with Gasteiger partial charge in [0.25, 0.3) is 0 Å². The van der Waals surface area contributed by atoms with Crippen molar-refractivity contribution in [1.29, 1.82) is 0 Å². The summed E-state index contributed by atoms with van der Waals surface area (Å²) in [6, 6.07) is 23.2. The van der Waals surface area contributed by atoms with E-state index in [1.54, 1.807) is 6.07 Å². The van der Waals surface area contributed by atoms with Crippen LogP contribution in [0.2, 0.25) is 0 Å². The zero-order valence-electron chi connectivity index (χ0n) is 15.3. The molecule has 0 heterocycles. The van der Waals surface area contributed by atoms with Crippen molar-refractivity contribution in [3.05, 3.63) is 89.5 Å². The van der Waals surface area contributed by atoms with E-state index in [4.69, 9.17) is 9.84 Å². The molecule has 4 rings (SSSR count). The van der Waals surface area contributed by atoms with Crippen LogP contribution in [0.25, 0.3) is 11.1 Å². The third kappa shape index (κ3) is 3.40. The number of esters is 1. The van der Waals surface area contributed by atoms with Crippen molar-refractivity contribution >= 4 is 17.4 Å². The number of hydrogen-bond acceptors (Lipinski definition) is 5. The zero-order valence-corrected chi connectivity index (χ0v) is 15.3. The van der Waals surface area contributed by atoms with Crippen LogP contribution in [-0.2, 0) is 4.74 Å². The van der Waals surface area contributed by atoms with Crippen LogP contribution in [0.5, 0.6) is 0 Å². The summed E-state index contributed by atoms with van der Waals surface area (Å²) >= 11 is 0. The quantitative estimate of drug-likeness (QED) is 0.304. The fourth-order valence-corrected chi connectivity index (χ4v) is 3.32. The lowest BCUT2D eigenvalue weighted by Crippen LogP contribution is -2.09. The maximum Gasteiger partial charge on any atom is 0.338 e. The first-order valence-electron chi connectivity index (χ1n) is 9.19. The van der Waals surface area contributed by atoms with E-state index in [1.807, 2.05) is 66.7 Å². The predicted molar refractivity (Wildman–Crippen MR) is 110 cm³/mol. The lowest BCUT2D eigenvalue weighted by atomic mass is 9.99. The van der Waals surface area contributed by atoms with Crippen molar-refractivity contribution in [2.45, 2.75) is 6.42 Å². The van der Waals surface area contributed by atoms with Gasteiger partial charge in [0.15, 0.2) is 0 Å². The van der Waals surface area contributed by atoms with Crippen LogP contribution in [-0.4, -0.2) is 30.0 Å². The monoisotopic (exact) mass is 372 g/mol. The number of aliphatic hydroxyl groups is 1. The molecule has 140 valence electrons. The number of anilines is 1. The molecule has 2 N–H and O–H groups in total. The van der Waals surface area contributed by atoms with Crippen molar-refractivity contribution in [3.63, 3.8) is 0 Å². The highest BCUT2D eigenvalue weighted by molar-refractivity contribution is 6.26. The van der Waals surface area contributed by atoms with Gasteiger partial charge in [-0.3, -0.25) is 5.43 Å². The van der Waals surface area contributed by atoms with Gasteiger partial charge in [-0.25, -0.2) is 4.79 Å². The maximum atomic E-state index is 12.6. The number of nitrogens with one attached hydrogen (secondary N) is 1. The number of nitrogens with zero attached hydrogens (tertiary/aromatic N) is 1. The fourth-order valence-electron chi connectivity index (χ4n) is 3.32. The molecule has 0 radical (unpaired) electrons. The molecule has 0 bridgehead atoms. The first-order valence-corrected chi connectivity index (χ1v) is 9.19. The van der Waals surface area contributed by atoms with Gasteiger partial charge in [0.2, 0.25) is 0 Å². The van der Waals surface area contributed by atoms with Crippen molar-refractivity contribution in [2.75, 3.05) is 18.6 Å². The Balaban J connectivity index is 1.75. The molecule has 1 aliphatic rings. The Labute approximate surface area is 163 Å². The number of ether oxygens (including phenoxy) is 1. The van der Waals surface area contributed by atoms with Gasteiger partial charge in [-0.1, -0.05) is 54.6 Å². The van der Waals surface area contributed by atoms with Crippen molar-refractivity contribution < 1.29 is 14.6 Å². The molecular weight excluding hydrogens is 352 g/mol. The molecular formula is C23H20N2O3. The molecule has 0 aromatic heterocycles. The van der Waals surface area contributed by atoms with Crippen LogP contribution in [0.15, 0.2) is 77.9 Å². The maximum absolute atomic E-state index is 12.6. The number of fused-ring (bicyclic) bond motifs is 3. The van der Waals surface area contributed by atoms with Crippen LogP contribution < -0.4 is 5.43 Å². The Morgan fingerprint density at radius 1 is 0.893 bits per heavy atom. The molecule has 3 aromatic carbocycles. The molecule has 5 heteroatoms. The number of carbonyl (C=O) groups is 1. The second-order valence-corrected chi connectivity index (χ2v) is 6.43. The van der Waals surface area contributed by atoms with E-state index >= 15 is 0 Å². The molecule has 5 nitrogen and oxygen atoms in total. The highest BCUT2D eigenvalue weighted by Crippen LogP contribution is 2.39. The number of para-hydroxylation sites is 1. The van der Waals surface area contributed by atoms with Gasteiger partial charge in [0.1, 0.15) is 0 Å². The average Bonchev–Trinajstić information content (AvgIpc) is 3.07. The van der Waals surface area contributed by atoms with Gasteiger partial charge < -0.3 is 9.84 Å². The van der Waals surface area contributed by atoms with Gasteiger partial charge in [-0.2, -0.15) is 5.10 Å². The Hall–Kier alpha value is -3.44. The summed E-state index contributed by atoms with van der Waals surface area (Å²) in [6.45, 7) is 0.183. The minimum Gasteiger partial charge on any atom is -0.462 e. The van der Waals surface area contributed by atoms with E-state index in [0.717, 1.165) is 33.7 Å². The lowest BCUT2D eigenvalue weighted by molar-refractivity contribution is 0.0483. The molecule has 0 amide bonds. The molecule has 0 saturated carbocycles. The molecule has 0 saturated heterocycles. The van der Waals surface area contributed by atoms with Crippen LogP contribution in [0.3, 0.4) is 0 Å². The van der Waals surface area contributed by atoms with Gasteiger partial charge in [-0.05, 0) is 23.8 Å². The highest BCUT2D eigenvalue weighted by atomic mass is 16.5. The predicted octanol–water partition coefficient (Wildman–Crippen LogP) is 4.07. The largest absolute Gasteiger partial charge is 0.462 e. The van der Waals surface area contributed by atoms with E-state index in [1.165, 1.54) is 0 Å². The van der Waals surface area contributed by atoms with Crippen LogP contribution in [0, 0.1) is 0 Å². The SMILES string of the molecule is O=C(OCCCO)c1cccc2c1-c1ccccc1/C2=N\Nc1ccccc1. The molecule has 0 fully saturated rings. The summed E-state index contributed by atoms with van der Waals surface area (Å²) in [5.74, 6) is -0.391. The molecule has 0 aliphatic heterocycles. The van der Waals surface area contributed by atoms with Gasteiger partial charge in [-0.15, -0.1) is 0 Å². The fraction of sp³-hybridized carbons (Fsp3) is 0.130. The Kier molecular flexibility index (Phi) is 5.17. The van der Waals surface area contributed by atoms with Gasteiger partial charge >= 0.3 is 5.97 Å². The third-order valence-electron chi connectivity index (χ3n) is 4.60. The zero-order chi connectivity index (χ0) is 19.3. The third-order valence-corrected chi connectivity index (χ3v) is 4.60. The summed E-state index contributed by atoms with van der Waals surface area (Å²) in [5.41, 5.74) is 8.94. The second kappa shape index (κ2) is 8.06. The lowest BCUT2D eigenvalue weighted by Gasteiger charge is -2.09. The summed E-state index contributed by atoms with van der Waals surface area (Å²) in [6.07, 6.45) is 0.422. The highest BCUT2D eigenvalue weighted by Gasteiger charge is 2.29. The molecule has 28 heavy (non-hydrogen) atoms. The normalized spacial score (nSPS) is 13.1. The van der Waals surface area contributed by atoms with E-state index in [0.29, 0.717) is 12.0 Å². The van der Waals surface area contributed by atoms with Gasteiger partial charge in [0, 0.05) is 29.7 Å². The van der Waals surface area contributed by atoms with E-state index in [2.05, 4.69) is 10.5 Å². The van der Waals surface area contributed by atoms with Crippen LogP contribution in [0.1, 0.15) is 27.9 Å². The molecule has 3 aromatic rings. The number of hydrazone groups is 1. The van der Waals surface area contributed by atoms with Crippen LogP contribution >= 0.6 is 0 Å². The minimum absolute atomic E-state index is 0.00896. The standard InChI is InChI=1S/C23H20N2O3/c26-14-7-15-28-23(27)20-13-6-12-19-21(20)17-10-4-5-11-18(17)22(19)25-24-16-8-2-1-3-9-16/h1-6,8-13,24,26H,7,14-15H2/b25-22+. The van der Waals surface area contributed by atoms with Crippen molar-refractivity contribution in [3.8, 4) is 11.1 Å². The number of carbonyl (C=O) groups excluding carboxylic acids is 1. The van der Waals surface area contributed by atoms with E-state index < -0.39 is 5.97 Å².